The summed E-state index contributed by atoms with van der Waals surface area (Å²) in [6.45, 7) is 6.39. The zero-order valence-corrected chi connectivity index (χ0v) is 42.0. The van der Waals surface area contributed by atoms with Crippen molar-refractivity contribution in [1.82, 2.24) is 0 Å². The average Bonchev–Trinajstić information content (AvgIpc) is 3.30. The molecule has 65 heavy (non-hydrogen) atoms. The van der Waals surface area contributed by atoms with Gasteiger partial charge < -0.3 is 14.2 Å². The third-order valence-corrected chi connectivity index (χ3v) is 10.7. The van der Waals surface area contributed by atoms with E-state index in [0.29, 0.717) is 19.3 Å². The highest BCUT2D eigenvalue weighted by Gasteiger charge is 2.19. The van der Waals surface area contributed by atoms with Crippen molar-refractivity contribution in [3.63, 3.8) is 0 Å². The van der Waals surface area contributed by atoms with Gasteiger partial charge in [0.15, 0.2) is 6.10 Å². The molecule has 0 N–H and O–H groups in total. The van der Waals surface area contributed by atoms with E-state index < -0.39 is 6.10 Å². The second-order valence-corrected chi connectivity index (χ2v) is 17.0. The van der Waals surface area contributed by atoms with Crippen molar-refractivity contribution in [2.45, 2.75) is 232 Å². The summed E-state index contributed by atoms with van der Waals surface area (Å²) in [5.74, 6) is -1.03. The molecular formula is C59H96O6. The molecule has 0 aromatic carbocycles. The Morgan fingerprint density at radius 3 is 1.08 bits per heavy atom. The Morgan fingerprint density at radius 1 is 0.323 bits per heavy atom. The van der Waals surface area contributed by atoms with Crippen LogP contribution in [0.4, 0.5) is 0 Å². The van der Waals surface area contributed by atoms with Gasteiger partial charge in [0.05, 0.1) is 0 Å². The van der Waals surface area contributed by atoms with Crippen molar-refractivity contribution < 1.29 is 28.6 Å². The first kappa shape index (κ1) is 61.1. The Hall–Kier alpha value is -3.93. The molecule has 0 heterocycles. The number of allylic oxidation sites excluding steroid dienone is 18. The molecule has 0 spiro atoms. The van der Waals surface area contributed by atoms with Gasteiger partial charge in [-0.05, 0) is 122 Å². The van der Waals surface area contributed by atoms with Gasteiger partial charge in [0.1, 0.15) is 13.2 Å². The van der Waals surface area contributed by atoms with Gasteiger partial charge in [-0.1, -0.05) is 194 Å². The van der Waals surface area contributed by atoms with Gasteiger partial charge in [-0.3, -0.25) is 14.4 Å². The molecule has 0 amide bonds. The molecule has 0 aromatic rings. The standard InChI is InChI=1S/C59H96O6/c1-4-7-10-13-16-19-22-25-28-29-32-34-37-40-43-46-49-52-58(61)64-55-56(65-59(62)53-50-47-44-41-38-35-31-27-24-21-18-15-12-9-6-3)54-63-57(60)51-48-45-42-39-36-33-30-26-23-20-17-14-11-8-5-2/h9,12,16,18-19,21,25-28,30-32,34,38,40-41,43,56H,4-8,10-11,13-15,17,20,22-24,29,33,35-37,39,42,44-55H2,1-3H3/b12-9-,19-16-,21-18-,28-25-,30-26-,31-27-,34-32-,41-38-,43-40-/t56-/m0/s1. The first-order valence-electron chi connectivity index (χ1n) is 26.4. The first-order chi connectivity index (χ1) is 32.0. The summed E-state index contributed by atoms with van der Waals surface area (Å²) in [4.78, 5) is 38.0. The summed E-state index contributed by atoms with van der Waals surface area (Å²) < 4.78 is 16.7. The number of rotatable bonds is 46. The van der Waals surface area contributed by atoms with E-state index >= 15 is 0 Å². The van der Waals surface area contributed by atoms with Crippen LogP contribution in [0.1, 0.15) is 226 Å². The summed E-state index contributed by atoms with van der Waals surface area (Å²) >= 11 is 0. The summed E-state index contributed by atoms with van der Waals surface area (Å²) in [5.41, 5.74) is 0. The molecule has 0 rings (SSSR count). The molecule has 0 radical (unpaired) electrons. The van der Waals surface area contributed by atoms with Crippen molar-refractivity contribution >= 4 is 17.9 Å². The van der Waals surface area contributed by atoms with Crippen LogP contribution in [0.5, 0.6) is 0 Å². The maximum absolute atomic E-state index is 12.8. The number of ether oxygens (including phenoxy) is 3. The van der Waals surface area contributed by atoms with E-state index in [-0.39, 0.29) is 44.0 Å². The van der Waals surface area contributed by atoms with Crippen LogP contribution in [0.3, 0.4) is 0 Å². The van der Waals surface area contributed by atoms with E-state index in [4.69, 9.17) is 14.2 Å². The van der Waals surface area contributed by atoms with Gasteiger partial charge in [0.25, 0.3) is 0 Å². The van der Waals surface area contributed by atoms with Crippen molar-refractivity contribution in [3.05, 3.63) is 109 Å². The van der Waals surface area contributed by atoms with Gasteiger partial charge >= 0.3 is 17.9 Å². The molecule has 0 bridgehead atoms. The van der Waals surface area contributed by atoms with Gasteiger partial charge in [0.2, 0.25) is 0 Å². The Morgan fingerprint density at radius 2 is 0.615 bits per heavy atom. The number of carbonyl (C=O) groups is 3. The fraction of sp³-hybridized carbons (Fsp3) is 0.644. The van der Waals surface area contributed by atoms with E-state index in [0.717, 1.165) is 96.3 Å². The van der Waals surface area contributed by atoms with E-state index in [2.05, 4.69) is 130 Å². The van der Waals surface area contributed by atoms with Crippen LogP contribution in [-0.4, -0.2) is 37.2 Å². The van der Waals surface area contributed by atoms with Crippen molar-refractivity contribution in [3.8, 4) is 0 Å². The molecule has 0 fully saturated rings. The lowest BCUT2D eigenvalue weighted by molar-refractivity contribution is -0.167. The molecule has 0 saturated heterocycles. The monoisotopic (exact) mass is 901 g/mol. The molecule has 1 atom stereocenters. The third kappa shape index (κ3) is 50.9. The lowest BCUT2D eigenvalue weighted by atomic mass is 10.1. The second-order valence-electron chi connectivity index (χ2n) is 17.0. The van der Waals surface area contributed by atoms with Crippen molar-refractivity contribution in [2.75, 3.05) is 13.2 Å². The normalized spacial score (nSPS) is 13.0. The molecule has 0 unspecified atom stereocenters. The molecule has 0 aliphatic rings. The molecule has 0 aliphatic carbocycles. The zero-order valence-electron chi connectivity index (χ0n) is 42.0. The van der Waals surface area contributed by atoms with Gasteiger partial charge in [-0.2, -0.15) is 0 Å². The largest absolute Gasteiger partial charge is 0.462 e. The van der Waals surface area contributed by atoms with Crippen LogP contribution in [0, 0.1) is 0 Å². The highest BCUT2D eigenvalue weighted by Crippen LogP contribution is 2.12. The smallest absolute Gasteiger partial charge is 0.306 e. The average molecular weight is 901 g/mol. The van der Waals surface area contributed by atoms with E-state index in [9.17, 15) is 14.4 Å². The molecule has 6 heteroatoms. The van der Waals surface area contributed by atoms with Crippen LogP contribution in [0.2, 0.25) is 0 Å². The zero-order chi connectivity index (χ0) is 47.2. The maximum atomic E-state index is 12.8. The van der Waals surface area contributed by atoms with Crippen LogP contribution in [0.15, 0.2) is 109 Å². The van der Waals surface area contributed by atoms with E-state index in [1.165, 1.54) is 77.0 Å². The Bertz CT molecular complexity index is 1360. The maximum Gasteiger partial charge on any atom is 0.306 e. The molecule has 0 aliphatic heterocycles. The quantitative estimate of drug-likeness (QED) is 0.0262. The number of hydrogen-bond acceptors (Lipinski definition) is 6. The van der Waals surface area contributed by atoms with Crippen molar-refractivity contribution in [1.29, 1.82) is 0 Å². The topological polar surface area (TPSA) is 78.9 Å². The second kappa shape index (κ2) is 52.7. The minimum Gasteiger partial charge on any atom is -0.462 e. The van der Waals surface area contributed by atoms with Gasteiger partial charge in [0, 0.05) is 19.3 Å². The van der Waals surface area contributed by atoms with Crippen LogP contribution < -0.4 is 0 Å². The Balaban J connectivity index is 4.57. The highest BCUT2D eigenvalue weighted by molar-refractivity contribution is 5.71. The fourth-order valence-electron chi connectivity index (χ4n) is 6.77. The van der Waals surface area contributed by atoms with Gasteiger partial charge in [-0.25, -0.2) is 0 Å². The summed E-state index contributed by atoms with van der Waals surface area (Å²) in [5, 5.41) is 0. The van der Waals surface area contributed by atoms with Crippen LogP contribution >= 0.6 is 0 Å². The molecular weight excluding hydrogens is 805 g/mol. The predicted octanol–water partition coefficient (Wildman–Crippen LogP) is 17.5. The summed E-state index contributed by atoms with van der Waals surface area (Å²) in [6, 6.07) is 0. The first-order valence-corrected chi connectivity index (χ1v) is 26.4. The predicted molar refractivity (Wildman–Crippen MR) is 279 cm³/mol. The summed E-state index contributed by atoms with van der Waals surface area (Å²) in [6.07, 6.45) is 70.8. The Kier molecular flexibility index (Phi) is 49.5. The van der Waals surface area contributed by atoms with Crippen LogP contribution in [-0.2, 0) is 28.6 Å². The molecule has 0 saturated carbocycles. The number of carbonyl (C=O) groups excluding carboxylic acids is 3. The molecule has 368 valence electrons. The Labute approximate surface area is 400 Å². The lowest BCUT2D eigenvalue weighted by Crippen LogP contribution is -2.30. The SMILES string of the molecule is CC/C=C\C/C=C\C/C=C\C/C=C\CCCCC(=O)O[C@H](COC(=O)CCC/C=C\C/C=C\C/C=C\C/C=C\CCCCC)COC(=O)CCCCCCC/C=C\CCCCCCCC. The minimum absolute atomic E-state index is 0.118. The van der Waals surface area contributed by atoms with E-state index in [1.54, 1.807) is 0 Å². The fourth-order valence-corrected chi connectivity index (χ4v) is 6.77. The highest BCUT2D eigenvalue weighted by atomic mass is 16.6. The molecule has 0 aromatic heterocycles. The summed E-state index contributed by atoms with van der Waals surface area (Å²) in [7, 11) is 0. The number of unbranched alkanes of at least 4 members (excludes halogenated alkanes) is 17. The molecule has 6 nitrogen and oxygen atoms in total. The van der Waals surface area contributed by atoms with Gasteiger partial charge in [-0.15, -0.1) is 0 Å². The van der Waals surface area contributed by atoms with Crippen molar-refractivity contribution in [2.24, 2.45) is 0 Å². The number of esters is 3. The van der Waals surface area contributed by atoms with Crippen LogP contribution in [0.25, 0.3) is 0 Å². The number of hydrogen-bond donors (Lipinski definition) is 0. The lowest BCUT2D eigenvalue weighted by Gasteiger charge is -2.18. The minimum atomic E-state index is -0.826. The third-order valence-electron chi connectivity index (χ3n) is 10.7. The van der Waals surface area contributed by atoms with E-state index in [1.807, 2.05) is 0 Å².